The van der Waals surface area contributed by atoms with E-state index in [9.17, 15) is 4.79 Å². The Morgan fingerprint density at radius 1 is 1.00 bits per heavy atom. The first-order valence-corrected chi connectivity index (χ1v) is 6.69. The number of nitrogens with zero attached hydrogens (tertiary/aromatic N) is 1. The molecule has 0 aromatic heterocycles. The summed E-state index contributed by atoms with van der Waals surface area (Å²) in [4.78, 5) is 13.6. The molecule has 0 saturated heterocycles. The molecule has 0 bridgehead atoms. The lowest BCUT2D eigenvalue weighted by Gasteiger charge is -2.28. The predicted octanol–water partition coefficient (Wildman–Crippen LogP) is 3.47. The van der Waals surface area contributed by atoms with Crippen molar-refractivity contribution in [3.8, 4) is 0 Å². The van der Waals surface area contributed by atoms with Crippen LogP contribution >= 0.6 is 11.6 Å². The van der Waals surface area contributed by atoms with Gasteiger partial charge in [-0.05, 0) is 11.1 Å². The quantitative estimate of drug-likeness (QED) is 0.781. The number of alkyl halides is 1. The molecule has 2 aromatic carbocycles. The zero-order valence-corrected chi connectivity index (χ0v) is 11.5. The van der Waals surface area contributed by atoms with E-state index in [0.29, 0.717) is 0 Å². The molecule has 0 radical (unpaired) electrons. The molecule has 0 heterocycles. The first-order valence-electron chi connectivity index (χ1n) is 6.15. The van der Waals surface area contributed by atoms with E-state index < -0.39 is 0 Å². The highest BCUT2D eigenvalue weighted by molar-refractivity contribution is 6.27. The third kappa shape index (κ3) is 3.15. The van der Waals surface area contributed by atoms with Gasteiger partial charge in [-0.25, -0.2) is 0 Å². The van der Waals surface area contributed by atoms with Crippen molar-refractivity contribution in [2.75, 3.05) is 12.9 Å². The molecule has 2 rings (SSSR count). The number of hydrogen-bond acceptors (Lipinski definition) is 1. The maximum atomic E-state index is 11.9. The fraction of sp³-hybridized carbons (Fsp3) is 0.188. The predicted molar refractivity (Wildman–Crippen MR) is 78.2 cm³/mol. The second kappa shape index (κ2) is 6.39. The van der Waals surface area contributed by atoms with Crippen LogP contribution in [0, 0.1) is 0 Å². The van der Waals surface area contributed by atoms with Crippen LogP contribution < -0.4 is 0 Å². The van der Waals surface area contributed by atoms with Gasteiger partial charge in [0.15, 0.2) is 0 Å². The van der Waals surface area contributed by atoms with Crippen LogP contribution in [0.1, 0.15) is 17.2 Å². The Bertz CT molecular complexity index is 487. The molecule has 0 aliphatic carbocycles. The fourth-order valence-corrected chi connectivity index (χ4v) is 2.34. The monoisotopic (exact) mass is 273 g/mol. The summed E-state index contributed by atoms with van der Waals surface area (Å²) in [6.07, 6.45) is 0. The third-order valence-electron chi connectivity index (χ3n) is 3.13. The van der Waals surface area contributed by atoms with Gasteiger partial charge in [0.05, 0.1) is 6.04 Å². The van der Waals surface area contributed by atoms with Gasteiger partial charge in [-0.3, -0.25) is 4.79 Å². The van der Waals surface area contributed by atoms with Crippen molar-refractivity contribution in [3.05, 3.63) is 71.8 Å². The lowest BCUT2D eigenvalue weighted by atomic mass is 9.97. The first-order chi connectivity index (χ1) is 9.24. The number of amides is 1. The van der Waals surface area contributed by atoms with E-state index in [1.54, 1.807) is 11.9 Å². The molecule has 1 amide bonds. The lowest BCUT2D eigenvalue weighted by Crippen LogP contribution is -2.32. The standard InChI is InChI=1S/C16H16ClNO/c1-18(15(19)12-17)16(13-8-4-2-5-9-13)14-10-6-3-7-11-14/h2-11,16H,12H2,1H3. The zero-order valence-electron chi connectivity index (χ0n) is 10.8. The molecule has 0 saturated carbocycles. The van der Waals surface area contributed by atoms with E-state index >= 15 is 0 Å². The summed E-state index contributed by atoms with van der Waals surface area (Å²) in [5.74, 6) is -0.0912. The second-order valence-electron chi connectivity index (χ2n) is 4.36. The Balaban J connectivity index is 2.43. The van der Waals surface area contributed by atoms with Crippen LogP contribution in [0.5, 0.6) is 0 Å². The molecule has 0 aliphatic rings. The number of benzene rings is 2. The van der Waals surface area contributed by atoms with Gasteiger partial charge in [0.1, 0.15) is 5.88 Å². The third-order valence-corrected chi connectivity index (χ3v) is 3.35. The molecule has 98 valence electrons. The number of carbonyl (C=O) groups is 1. The summed E-state index contributed by atoms with van der Waals surface area (Å²) >= 11 is 5.67. The van der Waals surface area contributed by atoms with Crippen molar-refractivity contribution in [1.29, 1.82) is 0 Å². The van der Waals surface area contributed by atoms with Gasteiger partial charge in [0, 0.05) is 7.05 Å². The average molecular weight is 274 g/mol. The van der Waals surface area contributed by atoms with Crippen LogP contribution in [-0.4, -0.2) is 23.7 Å². The van der Waals surface area contributed by atoms with Gasteiger partial charge < -0.3 is 4.90 Å². The van der Waals surface area contributed by atoms with Gasteiger partial charge in [0.2, 0.25) is 5.91 Å². The van der Waals surface area contributed by atoms with Crippen LogP contribution in [0.25, 0.3) is 0 Å². The van der Waals surface area contributed by atoms with Crippen LogP contribution in [0.3, 0.4) is 0 Å². The highest BCUT2D eigenvalue weighted by Crippen LogP contribution is 2.27. The van der Waals surface area contributed by atoms with E-state index in [1.165, 1.54) is 0 Å². The van der Waals surface area contributed by atoms with Crippen molar-refractivity contribution in [2.24, 2.45) is 0 Å². The Labute approximate surface area is 118 Å². The molecule has 0 unspecified atom stereocenters. The van der Waals surface area contributed by atoms with Gasteiger partial charge in [-0.2, -0.15) is 0 Å². The summed E-state index contributed by atoms with van der Waals surface area (Å²) in [7, 11) is 1.79. The molecular formula is C16H16ClNO. The van der Waals surface area contributed by atoms with Crippen molar-refractivity contribution < 1.29 is 4.79 Å². The summed E-state index contributed by atoms with van der Waals surface area (Å²) in [5.41, 5.74) is 2.16. The lowest BCUT2D eigenvalue weighted by molar-refractivity contribution is -0.128. The van der Waals surface area contributed by atoms with E-state index in [2.05, 4.69) is 0 Å². The Kier molecular flexibility index (Phi) is 4.58. The minimum Gasteiger partial charge on any atom is -0.334 e. The van der Waals surface area contributed by atoms with Crippen LogP contribution in [0.15, 0.2) is 60.7 Å². The average Bonchev–Trinajstić information content (AvgIpc) is 2.49. The van der Waals surface area contributed by atoms with E-state index in [4.69, 9.17) is 11.6 Å². The molecule has 19 heavy (non-hydrogen) atoms. The van der Waals surface area contributed by atoms with Crippen LogP contribution in [0.4, 0.5) is 0 Å². The second-order valence-corrected chi connectivity index (χ2v) is 4.63. The van der Waals surface area contributed by atoms with Crippen LogP contribution in [-0.2, 0) is 4.79 Å². The van der Waals surface area contributed by atoms with Gasteiger partial charge in [-0.1, -0.05) is 60.7 Å². The largest absolute Gasteiger partial charge is 0.334 e. The van der Waals surface area contributed by atoms with Crippen LogP contribution in [0.2, 0.25) is 0 Å². The highest BCUT2D eigenvalue weighted by Gasteiger charge is 2.22. The number of hydrogen-bond donors (Lipinski definition) is 0. The van der Waals surface area contributed by atoms with Crippen molar-refractivity contribution >= 4 is 17.5 Å². The Hall–Kier alpha value is -1.80. The minimum atomic E-state index is -0.103. The van der Waals surface area contributed by atoms with Crippen molar-refractivity contribution in [3.63, 3.8) is 0 Å². The fourth-order valence-electron chi connectivity index (χ4n) is 2.15. The Morgan fingerprint density at radius 3 is 1.79 bits per heavy atom. The first kappa shape index (κ1) is 13.6. The number of carbonyl (C=O) groups excluding carboxylic acids is 1. The molecular weight excluding hydrogens is 258 g/mol. The smallest absolute Gasteiger partial charge is 0.238 e. The molecule has 0 N–H and O–H groups in total. The topological polar surface area (TPSA) is 20.3 Å². The van der Waals surface area contributed by atoms with Gasteiger partial charge in [-0.15, -0.1) is 11.6 Å². The zero-order chi connectivity index (χ0) is 13.7. The number of halogens is 1. The van der Waals surface area contributed by atoms with Crippen molar-refractivity contribution in [1.82, 2.24) is 4.90 Å². The molecule has 0 spiro atoms. The molecule has 2 aromatic rings. The highest BCUT2D eigenvalue weighted by atomic mass is 35.5. The van der Waals surface area contributed by atoms with Gasteiger partial charge >= 0.3 is 0 Å². The summed E-state index contributed by atoms with van der Waals surface area (Å²) < 4.78 is 0. The van der Waals surface area contributed by atoms with E-state index in [0.717, 1.165) is 11.1 Å². The molecule has 2 nitrogen and oxygen atoms in total. The SMILES string of the molecule is CN(C(=O)CCl)C(c1ccccc1)c1ccccc1. The van der Waals surface area contributed by atoms with Crippen molar-refractivity contribution in [2.45, 2.75) is 6.04 Å². The Morgan fingerprint density at radius 2 is 1.42 bits per heavy atom. The molecule has 0 atom stereocenters. The maximum Gasteiger partial charge on any atom is 0.238 e. The normalized spacial score (nSPS) is 10.5. The summed E-state index contributed by atoms with van der Waals surface area (Å²) in [6.45, 7) is 0. The summed E-state index contributed by atoms with van der Waals surface area (Å²) in [6, 6.07) is 19.8. The minimum absolute atomic E-state index is 0.00727. The molecule has 0 fully saturated rings. The van der Waals surface area contributed by atoms with E-state index in [1.807, 2.05) is 60.7 Å². The summed E-state index contributed by atoms with van der Waals surface area (Å²) in [5, 5.41) is 0. The van der Waals surface area contributed by atoms with Gasteiger partial charge in [0.25, 0.3) is 0 Å². The maximum absolute atomic E-state index is 11.9. The molecule has 0 aliphatic heterocycles. The van der Waals surface area contributed by atoms with E-state index in [-0.39, 0.29) is 17.8 Å². The molecule has 3 heteroatoms. The number of rotatable bonds is 4.